The molecule has 0 bridgehead atoms. The summed E-state index contributed by atoms with van der Waals surface area (Å²) in [5, 5.41) is 18.3. The SMILES string of the molecule is CCC(C)(C)C(OC=Cc1ccccc1C=CC(=O)O)=C(c1ccccc1C=CC(=O)O)C(C)(C)CC. The number of ether oxygens (including phenoxy) is 1. The molecule has 2 rings (SSSR count). The second-order valence-electron chi connectivity index (χ2n) is 10.2. The van der Waals surface area contributed by atoms with Gasteiger partial charge >= 0.3 is 11.9 Å². The van der Waals surface area contributed by atoms with Crippen molar-refractivity contribution >= 4 is 35.7 Å². The summed E-state index contributed by atoms with van der Waals surface area (Å²) in [7, 11) is 0. The number of hydrogen-bond acceptors (Lipinski definition) is 3. The van der Waals surface area contributed by atoms with Crippen LogP contribution in [0.1, 0.15) is 76.6 Å². The van der Waals surface area contributed by atoms with E-state index in [0.717, 1.165) is 58.6 Å². The van der Waals surface area contributed by atoms with Crippen LogP contribution < -0.4 is 0 Å². The number of carboxylic acids is 2. The third-order valence-electron chi connectivity index (χ3n) is 6.76. The van der Waals surface area contributed by atoms with E-state index < -0.39 is 11.9 Å². The molecular weight excluding hydrogens is 464 g/mol. The zero-order valence-electron chi connectivity index (χ0n) is 22.6. The summed E-state index contributed by atoms with van der Waals surface area (Å²) >= 11 is 0. The first-order valence-electron chi connectivity index (χ1n) is 12.5. The minimum absolute atomic E-state index is 0.273. The monoisotopic (exact) mass is 502 g/mol. The van der Waals surface area contributed by atoms with E-state index in [4.69, 9.17) is 9.84 Å². The van der Waals surface area contributed by atoms with Gasteiger partial charge in [0.1, 0.15) is 5.76 Å². The fourth-order valence-electron chi connectivity index (χ4n) is 3.87. The molecule has 0 aromatic heterocycles. The summed E-state index contributed by atoms with van der Waals surface area (Å²) in [4.78, 5) is 22.3. The molecule has 0 saturated heterocycles. The number of benzene rings is 2. The summed E-state index contributed by atoms with van der Waals surface area (Å²) in [6.07, 6.45) is 10.6. The minimum Gasteiger partial charge on any atom is -0.478 e. The van der Waals surface area contributed by atoms with Gasteiger partial charge < -0.3 is 14.9 Å². The zero-order valence-corrected chi connectivity index (χ0v) is 22.6. The van der Waals surface area contributed by atoms with Gasteiger partial charge in [-0.1, -0.05) is 90.1 Å². The molecule has 5 nitrogen and oxygen atoms in total. The van der Waals surface area contributed by atoms with E-state index in [-0.39, 0.29) is 10.8 Å². The maximum absolute atomic E-state index is 11.3. The molecule has 196 valence electrons. The maximum atomic E-state index is 11.3. The first-order chi connectivity index (χ1) is 17.4. The largest absolute Gasteiger partial charge is 0.478 e. The lowest BCUT2D eigenvalue weighted by molar-refractivity contribution is -0.132. The Bertz CT molecular complexity index is 1230. The smallest absolute Gasteiger partial charge is 0.328 e. The van der Waals surface area contributed by atoms with Gasteiger partial charge in [-0.15, -0.1) is 0 Å². The van der Waals surface area contributed by atoms with Gasteiger partial charge in [-0.3, -0.25) is 0 Å². The van der Waals surface area contributed by atoms with Crippen LogP contribution in [-0.2, 0) is 14.3 Å². The molecule has 0 spiro atoms. The Morgan fingerprint density at radius 1 is 0.730 bits per heavy atom. The minimum atomic E-state index is -1.01. The topological polar surface area (TPSA) is 83.8 Å². The Hall–Kier alpha value is -3.86. The molecule has 0 unspecified atom stereocenters. The summed E-state index contributed by atoms with van der Waals surface area (Å²) < 4.78 is 6.49. The Balaban J connectivity index is 2.73. The number of aliphatic carboxylic acids is 2. The van der Waals surface area contributed by atoms with E-state index in [1.807, 2.05) is 54.6 Å². The van der Waals surface area contributed by atoms with Crippen molar-refractivity contribution in [1.82, 2.24) is 0 Å². The number of rotatable bonds is 12. The van der Waals surface area contributed by atoms with Gasteiger partial charge in [0.05, 0.1) is 6.26 Å². The normalized spacial score (nSPS) is 13.4. The summed E-state index contributed by atoms with van der Waals surface area (Å²) in [6.45, 7) is 12.9. The molecule has 0 fully saturated rings. The van der Waals surface area contributed by atoms with Gasteiger partial charge in [-0.25, -0.2) is 9.59 Å². The van der Waals surface area contributed by atoms with E-state index in [1.54, 1.807) is 18.4 Å². The molecule has 0 aliphatic carbocycles. The average molecular weight is 503 g/mol. The van der Waals surface area contributed by atoms with Gasteiger partial charge in [0.15, 0.2) is 0 Å². The lowest BCUT2D eigenvalue weighted by Crippen LogP contribution is -2.23. The summed E-state index contributed by atoms with van der Waals surface area (Å²) in [5.74, 6) is -1.20. The van der Waals surface area contributed by atoms with Crippen LogP contribution in [0.3, 0.4) is 0 Å². The van der Waals surface area contributed by atoms with E-state index in [9.17, 15) is 14.7 Å². The van der Waals surface area contributed by atoms with Crippen molar-refractivity contribution in [3.05, 3.63) is 95.0 Å². The molecule has 2 aromatic carbocycles. The Kier molecular flexibility index (Phi) is 10.2. The third-order valence-corrected chi connectivity index (χ3v) is 6.76. The van der Waals surface area contributed by atoms with E-state index in [1.165, 1.54) is 0 Å². The van der Waals surface area contributed by atoms with Crippen LogP contribution in [0.5, 0.6) is 0 Å². The first-order valence-corrected chi connectivity index (χ1v) is 12.5. The third kappa shape index (κ3) is 8.07. The highest BCUT2D eigenvalue weighted by Gasteiger charge is 2.34. The summed E-state index contributed by atoms with van der Waals surface area (Å²) in [5.41, 5.74) is 3.77. The highest BCUT2D eigenvalue weighted by atomic mass is 16.5. The fraction of sp³-hybridized carbons (Fsp3) is 0.312. The van der Waals surface area contributed by atoms with E-state index in [2.05, 4.69) is 41.5 Å². The maximum Gasteiger partial charge on any atom is 0.328 e. The molecule has 0 aliphatic heterocycles. The van der Waals surface area contributed by atoms with E-state index in [0.29, 0.717) is 0 Å². The molecule has 5 heteroatoms. The lowest BCUT2D eigenvalue weighted by atomic mass is 9.71. The van der Waals surface area contributed by atoms with Crippen molar-refractivity contribution in [1.29, 1.82) is 0 Å². The predicted molar refractivity (Wildman–Crippen MR) is 151 cm³/mol. The number of carboxylic acid groups (broad SMARTS) is 2. The number of carbonyl (C=O) groups is 2. The second kappa shape index (κ2) is 12.9. The van der Waals surface area contributed by atoms with Crippen LogP contribution in [-0.4, -0.2) is 22.2 Å². The second-order valence-corrected chi connectivity index (χ2v) is 10.2. The fourth-order valence-corrected chi connectivity index (χ4v) is 3.87. The molecule has 37 heavy (non-hydrogen) atoms. The Morgan fingerprint density at radius 3 is 1.70 bits per heavy atom. The number of hydrogen-bond donors (Lipinski definition) is 2. The van der Waals surface area contributed by atoms with Crippen molar-refractivity contribution in [2.24, 2.45) is 10.8 Å². The van der Waals surface area contributed by atoms with E-state index >= 15 is 0 Å². The molecule has 0 amide bonds. The van der Waals surface area contributed by atoms with Gasteiger partial charge in [0.2, 0.25) is 0 Å². The lowest BCUT2D eigenvalue weighted by Gasteiger charge is -2.36. The van der Waals surface area contributed by atoms with Crippen molar-refractivity contribution in [3.63, 3.8) is 0 Å². The molecule has 0 aliphatic rings. The van der Waals surface area contributed by atoms with Crippen molar-refractivity contribution < 1.29 is 24.5 Å². The molecule has 0 radical (unpaired) electrons. The van der Waals surface area contributed by atoms with Gasteiger partial charge in [-0.05, 0) is 58.7 Å². The van der Waals surface area contributed by atoms with Crippen molar-refractivity contribution in [2.75, 3.05) is 0 Å². The van der Waals surface area contributed by atoms with Crippen LogP contribution in [0.4, 0.5) is 0 Å². The first kappa shape index (κ1) is 29.4. The van der Waals surface area contributed by atoms with Crippen molar-refractivity contribution in [3.8, 4) is 0 Å². The van der Waals surface area contributed by atoms with Crippen LogP contribution in [0, 0.1) is 10.8 Å². The van der Waals surface area contributed by atoms with Gasteiger partial charge in [-0.2, -0.15) is 0 Å². The van der Waals surface area contributed by atoms with Crippen LogP contribution in [0.15, 0.2) is 72.7 Å². The van der Waals surface area contributed by atoms with Crippen LogP contribution in [0.25, 0.3) is 23.8 Å². The molecule has 2 aromatic rings. The Morgan fingerprint density at radius 2 is 1.19 bits per heavy atom. The van der Waals surface area contributed by atoms with Crippen molar-refractivity contribution in [2.45, 2.75) is 54.4 Å². The van der Waals surface area contributed by atoms with Crippen LogP contribution >= 0.6 is 0 Å². The molecule has 0 saturated carbocycles. The van der Waals surface area contributed by atoms with Crippen LogP contribution in [0.2, 0.25) is 0 Å². The zero-order chi connectivity index (χ0) is 27.6. The molecular formula is C32H38O5. The standard InChI is InChI=1S/C32H38O5/c1-7-31(3,4)29(26-16-12-11-15-25(26)18-20-28(35)36)30(32(5,6)8-2)37-22-21-24-14-10-9-13-23(24)17-19-27(33)34/h9-22H,7-8H2,1-6H3,(H,33,34)(H,35,36). The highest BCUT2D eigenvalue weighted by Crippen LogP contribution is 2.47. The predicted octanol–water partition coefficient (Wildman–Crippen LogP) is 8.15. The quantitative estimate of drug-likeness (QED) is 0.226. The molecule has 0 heterocycles. The number of allylic oxidation sites excluding steroid dienone is 2. The van der Waals surface area contributed by atoms with Gasteiger partial charge in [0, 0.05) is 23.1 Å². The average Bonchev–Trinajstić information content (AvgIpc) is 2.86. The Labute approximate surface area is 220 Å². The summed E-state index contributed by atoms with van der Waals surface area (Å²) in [6, 6.07) is 15.3. The highest BCUT2D eigenvalue weighted by molar-refractivity contribution is 5.88. The molecule has 0 atom stereocenters. The van der Waals surface area contributed by atoms with Gasteiger partial charge in [0.25, 0.3) is 0 Å². The molecule has 2 N–H and O–H groups in total.